The molecule has 15 heavy (non-hydrogen) atoms. The number of alkyl halides is 1. The molecule has 1 aromatic rings. The zero-order valence-corrected chi connectivity index (χ0v) is 9.67. The Bertz CT molecular complexity index is 344. The molecule has 0 fully saturated rings. The highest BCUT2D eigenvalue weighted by molar-refractivity contribution is 6.18. The number of nitrogens with zero attached hydrogens (tertiary/aromatic N) is 2. The summed E-state index contributed by atoms with van der Waals surface area (Å²) in [6.07, 6.45) is 0.533. The number of rotatable bonds is 5. The maximum atomic E-state index is 8.58. The van der Waals surface area contributed by atoms with Crippen LogP contribution in [0.3, 0.4) is 0 Å². The smallest absolute Gasteiger partial charge is 0.0640 e. The van der Waals surface area contributed by atoms with E-state index < -0.39 is 0 Å². The van der Waals surface area contributed by atoms with Crippen LogP contribution in [0.2, 0.25) is 0 Å². The highest BCUT2D eigenvalue weighted by Crippen LogP contribution is 2.16. The summed E-state index contributed by atoms with van der Waals surface area (Å²) < 4.78 is 0. The van der Waals surface area contributed by atoms with Crippen LogP contribution in [0.4, 0.5) is 5.69 Å². The van der Waals surface area contributed by atoms with Crippen molar-refractivity contribution >= 4 is 17.3 Å². The molecule has 0 aliphatic rings. The number of anilines is 1. The summed E-state index contributed by atoms with van der Waals surface area (Å²) in [7, 11) is 0. The topological polar surface area (TPSA) is 27.0 Å². The fraction of sp³-hybridized carbons (Fsp3) is 0.417. The maximum Gasteiger partial charge on any atom is 0.0640 e. The summed E-state index contributed by atoms with van der Waals surface area (Å²) in [4.78, 5) is 2.14. The predicted octanol–water partition coefficient (Wildman–Crippen LogP) is 2.95. The van der Waals surface area contributed by atoms with Crippen LogP contribution in [0.25, 0.3) is 0 Å². The SMILES string of the molecule is Cc1cccc(N(CCCl)CCC#N)c1. The predicted molar refractivity (Wildman–Crippen MR) is 64.3 cm³/mol. The van der Waals surface area contributed by atoms with Crippen molar-refractivity contribution in [1.82, 2.24) is 0 Å². The number of benzene rings is 1. The number of halogens is 1. The second-order valence-corrected chi connectivity index (χ2v) is 3.80. The molecule has 0 spiro atoms. The molecule has 0 saturated heterocycles. The Hall–Kier alpha value is -1.20. The molecule has 0 N–H and O–H groups in total. The van der Waals surface area contributed by atoms with Crippen LogP contribution in [0.1, 0.15) is 12.0 Å². The van der Waals surface area contributed by atoms with Gasteiger partial charge in [-0.1, -0.05) is 12.1 Å². The lowest BCUT2D eigenvalue weighted by atomic mass is 10.2. The zero-order valence-electron chi connectivity index (χ0n) is 8.91. The van der Waals surface area contributed by atoms with Crippen LogP contribution in [0.15, 0.2) is 24.3 Å². The van der Waals surface area contributed by atoms with E-state index in [9.17, 15) is 0 Å². The minimum Gasteiger partial charge on any atom is -0.369 e. The summed E-state index contributed by atoms with van der Waals surface area (Å²) in [6.45, 7) is 3.59. The molecular weight excluding hydrogens is 208 g/mol. The van der Waals surface area contributed by atoms with Gasteiger partial charge in [0.25, 0.3) is 0 Å². The number of hydrogen-bond acceptors (Lipinski definition) is 2. The van der Waals surface area contributed by atoms with Crippen LogP contribution < -0.4 is 4.90 Å². The lowest BCUT2D eigenvalue weighted by Crippen LogP contribution is -2.26. The molecular formula is C12H15ClN2. The van der Waals surface area contributed by atoms with Gasteiger partial charge in [0.1, 0.15) is 0 Å². The van der Waals surface area contributed by atoms with Crippen LogP contribution in [0.5, 0.6) is 0 Å². The van der Waals surface area contributed by atoms with Crippen LogP contribution in [-0.4, -0.2) is 19.0 Å². The number of nitriles is 1. The van der Waals surface area contributed by atoms with Gasteiger partial charge < -0.3 is 4.90 Å². The molecule has 1 rings (SSSR count). The second-order valence-electron chi connectivity index (χ2n) is 3.42. The first-order valence-electron chi connectivity index (χ1n) is 5.02. The Morgan fingerprint density at radius 2 is 2.20 bits per heavy atom. The molecule has 1 aromatic carbocycles. The minimum atomic E-state index is 0.533. The van der Waals surface area contributed by atoms with E-state index in [1.54, 1.807) is 0 Å². The number of aryl methyl sites for hydroxylation is 1. The van der Waals surface area contributed by atoms with Gasteiger partial charge in [-0.25, -0.2) is 0 Å². The molecule has 0 atom stereocenters. The van der Waals surface area contributed by atoms with Gasteiger partial charge in [-0.05, 0) is 24.6 Å². The molecule has 0 amide bonds. The largest absolute Gasteiger partial charge is 0.369 e. The van der Waals surface area contributed by atoms with Gasteiger partial charge >= 0.3 is 0 Å². The lowest BCUT2D eigenvalue weighted by Gasteiger charge is -2.23. The summed E-state index contributed by atoms with van der Waals surface area (Å²) in [5.74, 6) is 0.583. The van der Waals surface area contributed by atoms with E-state index in [4.69, 9.17) is 16.9 Å². The first-order valence-corrected chi connectivity index (χ1v) is 5.56. The van der Waals surface area contributed by atoms with E-state index >= 15 is 0 Å². The summed E-state index contributed by atoms with van der Waals surface area (Å²) >= 11 is 5.74. The molecule has 80 valence electrons. The summed E-state index contributed by atoms with van der Waals surface area (Å²) in [5, 5.41) is 8.58. The maximum absolute atomic E-state index is 8.58. The van der Waals surface area contributed by atoms with Gasteiger partial charge in [-0.2, -0.15) is 5.26 Å². The standard InChI is InChI=1S/C12H15ClN2/c1-11-4-2-5-12(10-11)15(9-6-13)8-3-7-14/h2,4-5,10H,3,6,8-9H2,1H3. The highest BCUT2D eigenvalue weighted by atomic mass is 35.5. The van der Waals surface area contributed by atoms with E-state index in [-0.39, 0.29) is 0 Å². The highest BCUT2D eigenvalue weighted by Gasteiger charge is 2.04. The first-order chi connectivity index (χ1) is 7.27. The van der Waals surface area contributed by atoms with Crippen molar-refractivity contribution in [2.45, 2.75) is 13.3 Å². The van der Waals surface area contributed by atoms with Gasteiger partial charge in [0.05, 0.1) is 12.5 Å². The van der Waals surface area contributed by atoms with Crippen molar-refractivity contribution in [1.29, 1.82) is 5.26 Å². The third kappa shape index (κ3) is 3.81. The fourth-order valence-corrected chi connectivity index (χ4v) is 1.69. The Kier molecular flexibility index (Phi) is 5.00. The summed E-state index contributed by atoms with van der Waals surface area (Å²) in [6, 6.07) is 10.4. The van der Waals surface area contributed by atoms with Gasteiger partial charge in [-0.3, -0.25) is 0 Å². The van der Waals surface area contributed by atoms with E-state index in [2.05, 4.69) is 36.1 Å². The first kappa shape index (κ1) is 11.9. The quantitative estimate of drug-likeness (QED) is 0.717. The van der Waals surface area contributed by atoms with Crippen molar-refractivity contribution in [3.8, 4) is 6.07 Å². The van der Waals surface area contributed by atoms with Crippen molar-refractivity contribution in [3.05, 3.63) is 29.8 Å². The monoisotopic (exact) mass is 222 g/mol. The fourth-order valence-electron chi connectivity index (χ4n) is 1.48. The molecule has 0 heterocycles. The molecule has 0 bridgehead atoms. The van der Waals surface area contributed by atoms with Crippen molar-refractivity contribution in [2.24, 2.45) is 0 Å². The van der Waals surface area contributed by atoms with E-state index in [1.165, 1.54) is 5.56 Å². The van der Waals surface area contributed by atoms with E-state index in [1.807, 2.05) is 6.07 Å². The van der Waals surface area contributed by atoms with Gasteiger partial charge in [-0.15, -0.1) is 11.6 Å². The molecule has 0 unspecified atom stereocenters. The van der Waals surface area contributed by atoms with Crippen LogP contribution in [-0.2, 0) is 0 Å². The Morgan fingerprint density at radius 3 is 2.80 bits per heavy atom. The molecule has 0 aliphatic heterocycles. The molecule has 3 heteroatoms. The minimum absolute atomic E-state index is 0.533. The average molecular weight is 223 g/mol. The zero-order chi connectivity index (χ0) is 11.1. The number of hydrogen-bond donors (Lipinski definition) is 0. The average Bonchev–Trinajstić information content (AvgIpc) is 2.24. The molecule has 0 aromatic heterocycles. The normalized spacial score (nSPS) is 9.67. The molecule has 0 radical (unpaired) electrons. The van der Waals surface area contributed by atoms with Gasteiger partial charge in [0.15, 0.2) is 0 Å². The third-order valence-electron chi connectivity index (χ3n) is 2.21. The van der Waals surface area contributed by atoms with Crippen LogP contribution >= 0.6 is 11.6 Å². The third-order valence-corrected chi connectivity index (χ3v) is 2.38. The van der Waals surface area contributed by atoms with Crippen molar-refractivity contribution in [3.63, 3.8) is 0 Å². The van der Waals surface area contributed by atoms with Crippen molar-refractivity contribution < 1.29 is 0 Å². The second kappa shape index (κ2) is 6.31. The Labute approximate surface area is 96.1 Å². The molecule has 0 aliphatic carbocycles. The van der Waals surface area contributed by atoms with E-state index in [0.717, 1.165) is 18.8 Å². The molecule has 0 saturated carbocycles. The van der Waals surface area contributed by atoms with Gasteiger partial charge in [0.2, 0.25) is 0 Å². The Balaban J connectivity index is 2.74. The van der Waals surface area contributed by atoms with Crippen LogP contribution in [0, 0.1) is 18.3 Å². The van der Waals surface area contributed by atoms with Crippen molar-refractivity contribution in [2.75, 3.05) is 23.9 Å². The van der Waals surface area contributed by atoms with Gasteiger partial charge in [0, 0.05) is 24.7 Å². The molecule has 2 nitrogen and oxygen atoms in total. The Morgan fingerprint density at radius 1 is 1.40 bits per heavy atom. The van der Waals surface area contributed by atoms with E-state index in [0.29, 0.717) is 12.3 Å². The lowest BCUT2D eigenvalue weighted by molar-refractivity contribution is 0.830. The summed E-state index contributed by atoms with van der Waals surface area (Å²) in [5.41, 5.74) is 2.37.